The van der Waals surface area contributed by atoms with Crippen molar-refractivity contribution in [3.63, 3.8) is 0 Å². The molecular weight excluding hydrogens is 302 g/mol. The van der Waals surface area contributed by atoms with Crippen molar-refractivity contribution in [2.24, 2.45) is 0 Å². The monoisotopic (exact) mass is 311 g/mol. The largest absolute Gasteiger partial charge is 0.324 e. The number of rotatable bonds is 2. The molecule has 2 aromatic rings. The van der Waals surface area contributed by atoms with Crippen LogP contribution in [0.2, 0.25) is 0 Å². The van der Waals surface area contributed by atoms with Gasteiger partial charge in [0, 0.05) is 15.5 Å². The molecule has 0 aliphatic carbocycles. The number of alkyl halides is 1. The van der Waals surface area contributed by atoms with Gasteiger partial charge >= 0.3 is 0 Å². The van der Waals surface area contributed by atoms with Crippen LogP contribution in [0.5, 0.6) is 0 Å². The minimum absolute atomic E-state index is 0.195. The van der Waals surface area contributed by atoms with Gasteiger partial charge in [-0.05, 0) is 24.4 Å². The highest BCUT2D eigenvalue weighted by Crippen LogP contribution is 2.30. The number of carbonyl (C=O) groups excluding carboxylic acids is 1. The molecule has 2 aromatic carbocycles. The Labute approximate surface area is 113 Å². The SMILES string of the molecule is CC(Cl)C(=O)Nc1ccc(Br)c2ccccc12. The second-order valence-corrected chi connectivity index (χ2v) is 5.25. The maximum Gasteiger partial charge on any atom is 0.242 e. The average molecular weight is 313 g/mol. The predicted molar refractivity (Wildman–Crippen MR) is 75.6 cm³/mol. The number of anilines is 1. The van der Waals surface area contributed by atoms with Crippen LogP contribution in [0, 0.1) is 0 Å². The Morgan fingerprint density at radius 3 is 2.53 bits per heavy atom. The van der Waals surface area contributed by atoms with Gasteiger partial charge in [0.05, 0.1) is 0 Å². The lowest BCUT2D eigenvalue weighted by Gasteiger charge is -2.10. The van der Waals surface area contributed by atoms with E-state index < -0.39 is 5.38 Å². The Morgan fingerprint density at radius 1 is 1.24 bits per heavy atom. The summed E-state index contributed by atoms with van der Waals surface area (Å²) in [6.07, 6.45) is 0. The Kier molecular flexibility index (Phi) is 3.69. The maximum atomic E-state index is 11.6. The summed E-state index contributed by atoms with van der Waals surface area (Å²) in [4.78, 5) is 11.6. The molecule has 0 saturated heterocycles. The zero-order chi connectivity index (χ0) is 12.4. The fourth-order valence-electron chi connectivity index (χ4n) is 1.60. The molecule has 0 fully saturated rings. The molecule has 1 N–H and O–H groups in total. The molecule has 0 bridgehead atoms. The smallest absolute Gasteiger partial charge is 0.242 e. The highest BCUT2D eigenvalue weighted by molar-refractivity contribution is 9.10. The van der Waals surface area contributed by atoms with E-state index in [9.17, 15) is 4.79 Å². The summed E-state index contributed by atoms with van der Waals surface area (Å²) in [6, 6.07) is 11.6. The van der Waals surface area contributed by atoms with Gasteiger partial charge < -0.3 is 5.32 Å². The molecule has 1 amide bonds. The first kappa shape index (κ1) is 12.4. The van der Waals surface area contributed by atoms with Gasteiger partial charge in [-0.3, -0.25) is 4.79 Å². The summed E-state index contributed by atoms with van der Waals surface area (Å²) < 4.78 is 1.00. The normalized spacial score (nSPS) is 12.4. The van der Waals surface area contributed by atoms with E-state index in [2.05, 4.69) is 21.2 Å². The van der Waals surface area contributed by atoms with Gasteiger partial charge in [0.25, 0.3) is 0 Å². The highest BCUT2D eigenvalue weighted by Gasteiger charge is 2.11. The summed E-state index contributed by atoms with van der Waals surface area (Å²) in [5, 5.41) is 4.33. The molecule has 0 aliphatic rings. The quantitative estimate of drug-likeness (QED) is 0.829. The lowest BCUT2D eigenvalue weighted by molar-refractivity contribution is -0.115. The Morgan fingerprint density at radius 2 is 1.88 bits per heavy atom. The van der Waals surface area contributed by atoms with Crippen LogP contribution >= 0.6 is 27.5 Å². The summed E-state index contributed by atoms with van der Waals surface area (Å²) in [5.41, 5.74) is 0.779. The van der Waals surface area contributed by atoms with Gasteiger partial charge in [0.1, 0.15) is 5.38 Å². The number of amides is 1. The van der Waals surface area contributed by atoms with Crippen LogP contribution in [0.3, 0.4) is 0 Å². The van der Waals surface area contributed by atoms with Crippen molar-refractivity contribution in [1.29, 1.82) is 0 Å². The van der Waals surface area contributed by atoms with E-state index in [1.165, 1.54) is 0 Å². The van der Waals surface area contributed by atoms with Gasteiger partial charge in [0.2, 0.25) is 5.91 Å². The van der Waals surface area contributed by atoms with Gasteiger partial charge in [-0.15, -0.1) is 11.6 Å². The van der Waals surface area contributed by atoms with Crippen molar-refractivity contribution >= 4 is 49.9 Å². The molecule has 88 valence electrons. The van der Waals surface area contributed by atoms with Gasteiger partial charge in [-0.25, -0.2) is 0 Å². The first-order valence-electron chi connectivity index (χ1n) is 5.22. The van der Waals surface area contributed by atoms with Crippen molar-refractivity contribution in [3.8, 4) is 0 Å². The van der Waals surface area contributed by atoms with E-state index >= 15 is 0 Å². The third-order valence-corrected chi connectivity index (χ3v) is 3.38. The van der Waals surface area contributed by atoms with Crippen molar-refractivity contribution in [3.05, 3.63) is 40.9 Å². The number of hydrogen-bond donors (Lipinski definition) is 1. The molecule has 0 aromatic heterocycles. The van der Waals surface area contributed by atoms with Crippen LogP contribution in [-0.4, -0.2) is 11.3 Å². The van der Waals surface area contributed by atoms with Gasteiger partial charge in [-0.2, -0.15) is 0 Å². The average Bonchev–Trinajstić information content (AvgIpc) is 2.33. The summed E-state index contributed by atoms with van der Waals surface area (Å²) in [5.74, 6) is -0.195. The number of fused-ring (bicyclic) bond motifs is 1. The third-order valence-electron chi connectivity index (χ3n) is 2.49. The number of nitrogens with one attached hydrogen (secondary N) is 1. The van der Waals surface area contributed by atoms with Crippen LogP contribution in [0.4, 0.5) is 5.69 Å². The van der Waals surface area contributed by atoms with Crippen molar-refractivity contribution in [1.82, 2.24) is 0 Å². The molecule has 0 radical (unpaired) electrons. The number of benzene rings is 2. The van der Waals surface area contributed by atoms with E-state index in [0.717, 1.165) is 20.9 Å². The standard InChI is InChI=1S/C13H11BrClNO/c1-8(15)13(17)16-12-7-6-11(14)9-4-2-3-5-10(9)12/h2-8H,1H3,(H,16,17). The summed E-state index contributed by atoms with van der Waals surface area (Å²) >= 11 is 9.23. The van der Waals surface area contributed by atoms with E-state index in [4.69, 9.17) is 11.6 Å². The highest BCUT2D eigenvalue weighted by atomic mass is 79.9. The fraction of sp³-hybridized carbons (Fsp3) is 0.154. The molecule has 0 saturated carbocycles. The van der Waals surface area contributed by atoms with Crippen molar-refractivity contribution < 1.29 is 4.79 Å². The van der Waals surface area contributed by atoms with Crippen LogP contribution in [0.25, 0.3) is 10.8 Å². The molecule has 0 heterocycles. The van der Waals surface area contributed by atoms with Gasteiger partial charge in [-0.1, -0.05) is 40.2 Å². The van der Waals surface area contributed by atoms with E-state index in [-0.39, 0.29) is 5.91 Å². The van der Waals surface area contributed by atoms with Crippen LogP contribution in [-0.2, 0) is 4.79 Å². The maximum absolute atomic E-state index is 11.6. The van der Waals surface area contributed by atoms with Crippen LogP contribution in [0.15, 0.2) is 40.9 Å². The Bertz CT molecular complexity index is 568. The zero-order valence-electron chi connectivity index (χ0n) is 9.21. The van der Waals surface area contributed by atoms with Crippen molar-refractivity contribution in [2.75, 3.05) is 5.32 Å². The second-order valence-electron chi connectivity index (χ2n) is 3.75. The minimum atomic E-state index is -0.544. The van der Waals surface area contributed by atoms with E-state index in [1.807, 2.05) is 36.4 Å². The predicted octanol–water partition coefficient (Wildman–Crippen LogP) is 4.17. The van der Waals surface area contributed by atoms with E-state index in [1.54, 1.807) is 6.92 Å². The molecule has 2 rings (SSSR count). The number of halogens is 2. The molecular formula is C13H11BrClNO. The molecule has 4 heteroatoms. The first-order valence-corrected chi connectivity index (χ1v) is 6.44. The number of hydrogen-bond acceptors (Lipinski definition) is 1. The fourth-order valence-corrected chi connectivity index (χ4v) is 2.14. The number of carbonyl (C=O) groups is 1. The van der Waals surface area contributed by atoms with E-state index in [0.29, 0.717) is 0 Å². The summed E-state index contributed by atoms with van der Waals surface area (Å²) in [7, 11) is 0. The van der Waals surface area contributed by atoms with Crippen molar-refractivity contribution in [2.45, 2.75) is 12.3 Å². The summed E-state index contributed by atoms with van der Waals surface area (Å²) in [6.45, 7) is 1.65. The van der Waals surface area contributed by atoms with Crippen LogP contribution in [0.1, 0.15) is 6.92 Å². The third kappa shape index (κ3) is 2.61. The van der Waals surface area contributed by atoms with Crippen LogP contribution < -0.4 is 5.32 Å². The van der Waals surface area contributed by atoms with Gasteiger partial charge in [0.15, 0.2) is 0 Å². The molecule has 2 nitrogen and oxygen atoms in total. The Hall–Kier alpha value is -1.06. The molecule has 0 aliphatic heterocycles. The second kappa shape index (κ2) is 5.07. The molecule has 17 heavy (non-hydrogen) atoms. The first-order chi connectivity index (χ1) is 8.09. The topological polar surface area (TPSA) is 29.1 Å². The lowest BCUT2D eigenvalue weighted by atomic mass is 10.1. The molecule has 1 atom stereocenters. The minimum Gasteiger partial charge on any atom is -0.324 e. The Balaban J connectivity index is 2.48. The lowest BCUT2D eigenvalue weighted by Crippen LogP contribution is -2.20. The molecule has 1 unspecified atom stereocenters. The molecule has 0 spiro atoms. The zero-order valence-corrected chi connectivity index (χ0v) is 11.5.